The smallest absolute Gasteiger partial charge is 0.354 e. The molecule has 1 aromatic heterocycles. The SMILES string of the molecule is CN1CCN(c2cc(-c3ccccc3Cl)c(CN(C)Cc3cc(C(F)(F)F)cc(C(F)(F)F)c3)cn2)CC1. The maximum absolute atomic E-state index is 13.3. The van der Waals surface area contributed by atoms with Crippen LogP contribution in [-0.2, 0) is 25.4 Å². The van der Waals surface area contributed by atoms with Gasteiger partial charge in [0.25, 0.3) is 0 Å². The van der Waals surface area contributed by atoms with Crippen LogP contribution < -0.4 is 4.90 Å². The Morgan fingerprint density at radius 3 is 2.03 bits per heavy atom. The minimum absolute atomic E-state index is 0.0871. The lowest BCUT2D eigenvalue weighted by molar-refractivity contribution is -0.143. The number of benzene rings is 2. The Bertz CT molecular complexity index is 1240. The van der Waals surface area contributed by atoms with E-state index in [1.54, 1.807) is 24.2 Å². The third-order valence-corrected chi connectivity index (χ3v) is 6.83. The number of likely N-dealkylation sites (N-methyl/N-ethyl adjacent to an activating group) is 1. The van der Waals surface area contributed by atoms with E-state index in [1.807, 2.05) is 24.3 Å². The summed E-state index contributed by atoms with van der Waals surface area (Å²) < 4.78 is 79.8. The summed E-state index contributed by atoms with van der Waals surface area (Å²) in [6.07, 6.45) is -8.08. The highest BCUT2D eigenvalue weighted by atomic mass is 35.5. The molecule has 1 aliphatic heterocycles. The first-order valence-corrected chi connectivity index (χ1v) is 12.3. The van der Waals surface area contributed by atoms with Crippen molar-refractivity contribution in [3.8, 4) is 11.1 Å². The third-order valence-electron chi connectivity index (χ3n) is 6.50. The third kappa shape index (κ3) is 6.78. The molecule has 0 radical (unpaired) electrons. The molecule has 11 heteroatoms. The number of piperazine rings is 1. The standard InChI is InChI=1S/C27H27ClF6N4/c1-36-7-9-38(10-8-36)25-14-23(22-5-3-4-6-24(22)28)19(15-35-25)17-37(2)16-18-11-20(26(29,30)31)13-21(12-18)27(32,33)34/h3-6,11-15H,7-10,16-17H2,1-2H3. The van der Waals surface area contributed by atoms with Crippen LogP contribution in [-0.4, -0.2) is 55.1 Å². The maximum Gasteiger partial charge on any atom is 0.416 e. The predicted octanol–water partition coefficient (Wildman–Crippen LogP) is 6.82. The Morgan fingerprint density at radius 1 is 0.842 bits per heavy atom. The van der Waals surface area contributed by atoms with Crippen LogP contribution in [0.1, 0.15) is 22.3 Å². The zero-order chi connectivity index (χ0) is 27.7. The molecule has 0 N–H and O–H groups in total. The van der Waals surface area contributed by atoms with Crippen LogP contribution in [0.15, 0.2) is 54.7 Å². The average Bonchev–Trinajstić information content (AvgIpc) is 2.84. The highest BCUT2D eigenvalue weighted by Crippen LogP contribution is 2.37. The highest BCUT2D eigenvalue weighted by Gasteiger charge is 2.37. The lowest BCUT2D eigenvalue weighted by atomic mass is 10.00. The van der Waals surface area contributed by atoms with Gasteiger partial charge in [-0.1, -0.05) is 29.8 Å². The van der Waals surface area contributed by atoms with Gasteiger partial charge in [0.15, 0.2) is 0 Å². The topological polar surface area (TPSA) is 22.6 Å². The van der Waals surface area contributed by atoms with Gasteiger partial charge in [-0.05, 0) is 61.1 Å². The molecule has 2 aromatic carbocycles. The van der Waals surface area contributed by atoms with E-state index in [1.165, 1.54) is 0 Å². The van der Waals surface area contributed by atoms with Gasteiger partial charge >= 0.3 is 12.4 Å². The second kappa shape index (κ2) is 11.1. The van der Waals surface area contributed by atoms with Crippen molar-refractivity contribution in [2.24, 2.45) is 0 Å². The molecule has 1 fully saturated rings. The van der Waals surface area contributed by atoms with Crippen molar-refractivity contribution in [2.45, 2.75) is 25.4 Å². The summed E-state index contributed by atoms with van der Waals surface area (Å²) in [5, 5.41) is 0.527. The average molecular weight is 557 g/mol. The number of anilines is 1. The monoisotopic (exact) mass is 556 g/mol. The Morgan fingerprint density at radius 2 is 1.45 bits per heavy atom. The van der Waals surface area contributed by atoms with Gasteiger partial charge < -0.3 is 9.80 Å². The molecule has 4 rings (SSSR count). The number of hydrogen-bond donors (Lipinski definition) is 0. The van der Waals surface area contributed by atoms with Crippen LogP contribution in [0, 0.1) is 0 Å². The van der Waals surface area contributed by atoms with E-state index in [4.69, 9.17) is 11.6 Å². The highest BCUT2D eigenvalue weighted by molar-refractivity contribution is 6.33. The van der Waals surface area contributed by atoms with Gasteiger partial charge in [0.1, 0.15) is 5.82 Å². The van der Waals surface area contributed by atoms with E-state index < -0.39 is 23.5 Å². The summed E-state index contributed by atoms with van der Waals surface area (Å²) in [7, 11) is 3.69. The van der Waals surface area contributed by atoms with Crippen molar-refractivity contribution in [3.05, 3.63) is 82.0 Å². The van der Waals surface area contributed by atoms with Gasteiger partial charge in [-0.3, -0.25) is 4.90 Å². The number of alkyl halides is 6. The van der Waals surface area contributed by atoms with Gasteiger partial charge in [-0.2, -0.15) is 26.3 Å². The van der Waals surface area contributed by atoms with Gasteiger partial charge in [0.2, 0.25) is 0 Å². The molecule has 1 saturated heterocycles. The molecule has 0 unspecified atom stereocenters. The van der Waals surface area contributed by atoms with Crippen LogP contribution in [0.4, 0.5) is 32.2 Å². The van der Waals surface area contributed by atoms with Crippen LogP contribution in [0.2, 0.25) is 5.02 Å². The molecule has 0 bridgehead atoms. The first-order valence-electron chi connectivity index (χ1n) is 12.0. The number of aromatic nitrogens is 1. The predicted molar refractivity (Wildman–Crippen MR) is 136 cm³/mol. The molecule has 1 aliphatic rings. The van der Waals surface area contributed by atoms with Gasteiger partial charge in [0, 0.05) is 56.1 Å². The first kappa shape index (κ1) is 28.2. The molecule has 0 aliphatic carbocycles. The second-order valence-corrected chi connectivity index (χ2v) is 9.96. The fourth-order valence-corrected chi connectivity index (χ4v) is 4.74. The van der Waals surface area contributed by atoms with Gasteiger partial charge in [0.05, 0.1) is 11.1 Å². The minimum Gasteiger partial charge on any atom is -0.354 e. The molecule has 0 atom stereocenters. The first-order chi connectivity index (χ1) is 17.8. The summed E-state index contributed by atoms with van der Waals surface area (Å²) in [6.45, 7) is 3.50. The van der Waals surface area contributed by atoms with Crippen molar-refractivity contribution < 1.29 is 26.3 Å². The number of nitrogens with zero attached hydrogens (tertiary/aromatic N) is 4. The normalized spacial score (nSPS) is 15.4. The van der Waals surface area contributed by atoms with E-state index in [9.17, 15) is 26.3 Å². The summed E-state index contributed by atoms with van der Waals surface area (Å²) in [4.78, 5) is 10.7. The summed E-state index contributed by atoms with van der Waals surface area (Å²) in [6, 6.07) is 10.9. The molecule has 204 valence electrons. The number of hydrogen-bond acceptors (Lipinski definition) is 4. The van der Waals surface area contributed by atoms with Crippen molar-refractivity contribution in [1.82, 2.24) is 14.8 Å². The quantitative estimate of drug-likeness (QED) is 0.311. The molecular weight excluding hydrogens is 530 g/mol. The van der Waals surface area contributed by atoms with Crippen molar-refractivity contribution in [1.29, 1.82) is 0 Å². The van der Waals surface area contributed by atoms with Crippen LogP contribution in [0.3, 0.4) is 0 Å². The number of rotatable bonds is 6. The zero-order valence-electron chi connectivity index (χ0n) is 20.9. The van der Waals surface area contributed by atoms with Crippen LogP contribution in [0.25, 0.3) is 11.1 Å². The summed E-state index contributed by atoms with van der Waals surface area (Å²) in [5.74, 6) is 0.784. The van der Waals surface area contributed by atoms with Crippen molar-refractivity contribution in [2.75, 3.05) is 45.2 Å². The van der Waals surface area contributed by atoms with Gasteiger partial charge in [-0.25, -0.2) is 4.98 Å². The Balaban J connectivity index is 1.64. The molecule has 4 nitrogen and oxygen atoms in total. The maximum atomic E-state index is 13.3. The number of halogens is 7. The molecule has 2 heterocycles. The Kier molecular flexibility index (Phi) is 8.25. The van der Waals surface area contributed by atoms with Crippen LogP contribution in [0.5, 0.6) is 0 Å². The molecule has 0 saturated carbocycles. The molecule has 0 spiro atoms. The molecule has 38 heavy (non-hydrogen) atoms. The zero-order valence-corrected chi connectivity index (χ0v) is 21.6. The second-order valence-electron chi connectivity index (χ2n) is 9.56. The van der Waals surface area contributed by atoms with E-state index in [0.717, 1.165) is 60.8 Å². The van der Waals surface area contributed by atoms with E-state index in [2.05, 4.69) is 21.8 Å². The largest absolute Gasteiger partial charge is 0.416 e. The fourth-order valence-electron chi connectivity index (χ4n) is 4.51. The number of pyridine rings is 1. The van der Waals surface area contributed by atoms with E-state index >= 15 is 0 Å². The lowest BCUT2D eigenvalue weighted by Crippen LogP contribution is -2.44. The minimum atomic E-state index is -4.89. The Labute approximate surface area is 222 Å². The lowest BCUT2D eigenvalue weighted by Gasteiger charge is -2.33. The molecule has 0 amide bonds. The molecular formula is C27H27ClF6N4. The van der Waals surface area contributed by atoms with Crippen molar-refractivity contribution in [3.63, 3.8) is 0 Å². The fraction of sp³-hybridized carbons (Fsp3) is 0.370. The molecule has 3 aromatic rings. The summed E-state index contributed by atoms with van der Waals surface area (Å²) >= 11 is 6.51. The summed E-state index contributed by atoms with van der Waals surface area (Å²) in [5.41, 5.74) is -0.408. The van der Waals surface area contributed by atoms with Crippen LogP contribution >= 0.6 is 11.6 Å². The van der Waals surface area contributed by atoms with E-state index in [0.29, 0.717) is 5.02 Å². The van der Waals surface area contributed by atoms with Crippen molar-refractivity contribution >= 4 is 17.4 Å². The Hall–Kier alpha value is -2.82. The van der Waals surface area contributed by atoms with Gasteiger partial charge in [-0.15, -0.1) is 0 Å². The van der Waals surface area contributed by atoms with E-state index in [-0.39, 0.29) is 24.7 Å².